The van der Waals surface area contributed by atoms with Crippen molar-refractivity contribution < 1.29 is 23.9 Å². The lowest BCUT2D eigenvalue weighted by molar-refractivity contribution is -0.384. The van der Waals surface area contributed by atoms with Crippen LogP contribution in [-0.2, 0) is 6.61 Å². The Morgan fingerprint density at radius 3 is 2.31 bits per heavy atom. The number of ether oxygens (including phenoxy) is 3. The van der Waals surface area contributed by atoms with E-state index >= 15 is 0 Å². The van der Waals surface area contributed by atoms with Gasteiger partial charge in [0, 0.05) is 17.2 Å². The van der Waals surface area contributed by atoms with E-state index in [1.807, 2.05) is 12.1 Å². The molecule has 3 aromatic rings. The van der Waals surface area contributed by atoms with Crippen LogP contribution in [0.3, 0.4) is 0 Å². The number of halogens is 1. The number of benzene rings is 3. The van der Waals surface area contributed by atoms with E-state index in [4.69, 9.17) is 25.8 Å². The minimum absolute atomic E-state index is 0.0892. The Balaban J connectivity index is 1.69. The summed E-state index contributed by atoms with van der Waals surface area (Å²) >= 11 is 5.87. The van der Waals surface area contributed by atoms with E-state index in [0.29, 0.717) is 23.1 Å². The summed E-state index contributed by atoms with van der Waals surface area (Å²) in [6, 6.07) is 17.2. The van der Waals surface area contributed by atoms with Gasteiger partial charge < -0.3 is 14.2 Å². The standard InChI is InChI=1S/C21H16ClNO6/c1-27-20-12-15(21(24)29-18-9-7-17(8-10-18)23(25)26)4-11-19(20)28-13-14-2-5-16(22)6-3-14/h2-12H,13H2,1H3. The van der Waals surface area contributed by atoms with E-state index in [1.165, 1.54) is 37.4 Å². The van der Waals surface area contributed by atoms with Crippen LogP contribution in [0.25, 0.3) is 0 Å². The molecule has 8 heteroatoms. The van der Waals surface area contributed by atoms with E-state index in [9.17, 15) is 14.9 Å². The van der Waals surface area contributed by atoms with E-state index in [2.05, 4.69) is 0 Å². The molecule has 3 aromatic carbocycles. The first kappa shape index (κ1) is 20.2. The maximum atomic E-state index is 12.4. The van der Waals surface area contributed by atoms with Gasteiger partial charge in [-0.25, -0.2) is 4.79 Å². The van der Waals surface area contributed by atoms with Gasteiger partial charge in [-0.05, 0) is 48.0 Å². The van der Waals surface area contributed by atoms with E-state index in [0.717, 1.165) is 5.56 Å². The molecule has 0 saturated heterocycles. The monoisotopic (exact) mass is 413 g/mol. The van der Waals surface area contributed by atoms with Gasteiger partial charge >= 0.3 is 5.97 Å². The first-order valence-corrected chi connectivity index (χ1v) is 8.86. The summed E-state index contributed by atoms with van der Waals surface area (Å²) in [7, 11) is 1.47. The maximum absolute atomic E-state index is 12.4. The molecule has 29 heavy (non-hydrogen) atoms. The fourth-order valence-corrected chi connectivity index (χ4v) is 2.58. The molecule has 0 heterocycles. The molecule has 0 aliphatic carbocycles. The zero-order valence-electron chi connectivity index (χ0n) is 15.3. The SMILES string of the molecule is COc1cc(C(=O)Oc2ccc([N+](=O)[O-])cc2)ccc1OCc1ccc(Cl)cc1. The van der Waals surface area contributed by atoms with Gasteiger partial charge in [0.25, 0.3) is 5.69 Å². The minimum atomic E-state index is -0.624. The average Bonchev–Trinajstić information content (AvgIpc) is 2.73. The summed E-state index contributed by atoms with van der Waals surface area (Å²) in [5, 5.41) is 11.3. The van der Waals surface area contributed by atoms with Crippen molar-refractivity contribution in [1.82, 2.24) is 0 Å². The topological polar surface area (TPSA) is 87.9 Å². The highest BCUT2D eigenvalue weighted by Crippen LogP contribution is 2.29. The highest BCUT2D eigenvalue weighted by Gasteiger charge is 2.14. The van der Waals surface area contributed by atoms with E-state index in [1.54, 1.807) is 24.3 Å². The van der Waals surface area contributed by atoms with Crippen molar-refractivity contribution in [2.75, 3.05) is 7.11 Å². The van der Waals surface area contributed by atoms with Crippen LogP contribution in [0.4, 0.5) is 5.69 Å². The molecular weight excluding hydrogens is 398 g/mol. The number of rotatable bonds is 7. The number of nitro groups is 1. The van der Waals surface area contributed by atoms with Gasteiger partial charge in [-0.2, -0.15) is 0 Å². The van der Waals surface area contributed by atoms with Crippen LogP contribution >= 0.6 is 11.6 Å². The fourth-order valence-electron chi connectivity index (χ4n) is 2.46. The summed E-state index contributed by atoms with van der Waals surface area (Å²) in [6.45, 7) is 0.306. The Morgan fingerprint density at radius 2 is 1.69 bits per heavy atom. The quantitative estimate of drug-likeness (QED) is 0.233. The van der Waals surface area contributed by atoms with Crippen molar-refractivity contribution in [3.05, 3.63) is 93.0 Å². The number of hydrogen-bond donors (Lipinski definition) is 0. The molecule has 0 aliphatic heterocycles. The predicted molar refractivity (Wildman–Crippen MR) is 107 cm³/mol. The van der Waals surface area contributed by atoms with Crippen LogP contribution in [0.2, 0.25) is 5.02 Å². The molecule has 3 rings (SSSR count). The number of hydrogen-bond acceptors (Lipinski definition) is 6. The predicted octanol–water partition coefficient (Wildman–Crippen LogP) is 5.06. The van der Waals surface area contributed by atoms with Crippen LogP contribution in [0.5, 0.6) is 17.2 Å². The minimum Gasteiger partial charge on any atom is -0.493 e. The van der Waals surface area contributed by atoms with Crippen molar-refractivity contribution in [3.8, 4) is 17.2 Å². The Labute approximate surface area is 171 Å². The summed E-state index contributed by atoms with van der Waals surface area (Å²) in [6.07, 6.45) is 0. The number of esters is 1. The van der Waals surface area contributed by atoms with Gasteiger partial charge in [-0.3, -0.25) is 10.1 Å². The summed E-state index contributed by atoms with van der Waals surface area (Å²) in [4.78, 5) is 22.5. The smallest absolute Gasteiger partial charge is 0.343 e. The number of carbonyl (C=O) groups is 1. The second-order valence-electron chi connectivity index (χ2n) is 5.92. The largest absolute Gasteiger partial charge is 0.493 e. The average molecular weight is 414 g/mol. The van der Waals surface area contributed by atoms with Gasteiger partial charge in [0.2, 0.25) is 0 Å². The van der Waals surface area contributed by atoms with Gasteiger partial charge in [0.05, 0.1) is 17.6 Å². The van der Waals surface area contributed by atoms with Gasteiger partial charge in [0.15, 0.2) is 11.5 Å². The number of nitrogens with zero attached hydrogens (tertiary/aromatic N) is 1. The maximum Gasteiger partial charge on any atom is 0.343 e. The molecule has 0 saturated carbocycles. The van der Waals surface area contributed by atoms with Gasteiger partial charge in [-0.1, -0.05) is 23.7 Å². The van der Waals surface area contributed by atoms with Crippen molar-refractivity contribution in [2.45, 2.75) is 6.61 Å². The molecule has 0 fully saturated rings. The third-order valence-electron chi connectivity index (χ3n) is 3.97. The van der Waals surface area contributed by atoms with Crippen molar-refractivity contribution in [2.24, 2.45) is 0 Å². The number of nitro benzene ring substituents is 1. The zero-order valence-corrected chi connectivity index (χ0v) is 16.1. The molecule has 0 atom stereocenters. The molecule has 0 aromatic heterocycles. The van der Waals surface area contributed by atoms with Crippen LogP contribution in [0.1, 0.15) is 15.9 Å². The second-order valence-corrected chi connectivity index (χ2v) is 6.36. The molecule has 7 nitrogen and oxygen atoms in total. The van der Waals surface area contributed by atoms with E-state index < -0.39 is 10.9 Å². The molecule has 0 unspecified atom stereocenters. The fraction of sp³-hybridized carbons (Fsp3) is 0.0952. The van der Waals surface area contributed by atoms with E-state index in [-0.39, 0.29) is 17.0 Å². The first-order valence-electron chi connectivity index (χ1n) is 8.48. The number of non-ortho nitro benzene ring substituents is 1. The van der Waals surface area contributed by atoms with Crippen LogP contribution < -0.4 is 14.2 Å². The van der Waals surface area contributed by atoms with Crippen molar-refractivity contribution >= 4 is 23.3 Å². The third-order valence-corrected chi connectivity index (χ3v) is 4.22. The first-order chi connectivity index (χ1) is 14.0. The molecular formula is C21H16ClNO6. The Bertz CT molecular complexity index is 1020. The number of methoxy groups -OCH3 is 1. The lowest BCUT2D eigenvalue weighted by Gasteiger charge is -2.12. The highest BCUT2D eigenvalue weighted by molar-refractivity contribution is 6.30. The lowest BCUT2D eigenvalue weighted by atomic mass is 10.2. The summed E-state index contributed by atoms with van der Waals surface area (Å²) < 4.78 is 16.3. The van der Waals surface area contributed by atoms with Gasteiger partial charge in [0.1, 0.15) is 12.4 Å². The second kappa shape index (κ2) is 9.07. The molecule has 148 valence electrons. The lowest BCUT2D eigenvalue weighted by Crippen LogP contribution is -2.09. The molecule has 0 bridgehead atoms. The molecule has 0 N–H and O–H groups in total. The van der Waals surface area contributed by atoms with Crippen molar-refractivity contribution in [1.29, 1.82) is 0 Å². The summed E-state index contributed by atoms with van der Waals surface area (Å²) in [5.41, 5.74) is 1.09. The molecule has 0 radical (unpaired) electrons. The third kappa shape index (κ3) is 5.24. The van der Waals surface area contributed by atoms with Crippen LogP contribution in [0.15, 0.2) is 66.7 Å². The number of carbonyl (C=O) groups excluding carboxylic acids is 1. The molecule has 0 aliphatic rings. The Morgan fingerprint density at radius 1 is 1.00 bits per heavy atom. The van der Waals surface area contributed by atoms with Crippen LogP contribution in [-0.4, -0.2) is 18.0 Å². The normalized spacial score (nSPS) is 10.3. The molecule has 0 amide bonds. The van der Waals surface area contributed by atoms with Crippen molar-refractivity contribution in [3.63, 3.8) is 0 Å². The highest BCUT2D eigenvalue weighted by atomic mass is 35.5. The van der Waals surface area contributed by atoms with Crippen LogP contribution in [0, 0.1) is 10.1 Å². The zero-order chi connectivity index (χ0) is 20.8. The van der Waals surface area contributed by atoms with Gasteiger partial charge in [-0.15, -0.1) is 0 Å². The molecule has 0 spiro atoms. The Hall–Kier alpha value is -3.58. The summed E-state index contributed by atoms with van der Waals surface area (Å²) in [5.74, 6) is 0.412. The Kier molecular flexibility index (Phi) is 6.31.